The zero-order chi connectivity index (χ0) is 13.8. The van der Waals surface area contributed by atoms with Crippen LogP contribution >= 0.6 is 11.3 Å². The third-order valence-corrected chi connectivity index (χ3v) is 4.52. The van der Waals surface area contributed by atoms with Gasteiger partial charge in [0.2, 0.25) is 0 Å². The second-order valence-corrected chi connectivity index (χ2v) is 6.43. The molecule has 3 heteroatoms. The van der Waals surface area contributed by atoms with Gasteiger partial charge in [0.15, 0.2) is 0 Å². The fraction of sp³-hybridized carbons (Fsp3) is 0.353. The van der Waals surface area contributed by atoms with Crippen LogP contribution in [0.2, 0.25) is 0 Å². The van der Waals surface area contributed by atoms with Gasteiger partial charge in [-0.1, -0.05) is 24.3 Å². The minimum atomic E-state index is 0.769. The van der Waals surface area contributed by atoms with Crippen LogP contribution < -0.4 is 5.32 Å². The molecule has 1 heterocycles. The molecule has 1 aromatic heterocycles. The van der Waals surface area contributed by atoms with E-state index in [2.05, 4.69) is 52.1 Å². The lowest BCUT2D eigenvalue weighted by molar-refractivity contribution is 0.504. The van der Waals surface area contributed by atoms with Crippen molar-refractivity contribution >= 4 is 17.0 Å². The summed E-state index contributed by atoms with van der Waals surface area (Å²) in [5, 5.41) is 6.82. The molecule has 20 heavy (non-hydrogen) atoms. The van der Waals surface area contributed by atoms with Gasteiger partial charge >= 0.3 is 0 Å². The summed E-state index contributed by atoms with van der Waals surface area (Å²) in [5.74, 6) is 0.769. The lowest BCUT2D eigenvalue weighted by Gasteiger charge is -2.19. The third kappa shape index (κ3) is 3.28. The van der Waals surface area contributed by atoms with Crippen LogP contribution in [0.1, 0.15) is 24.3 Å². The van der Waals surface area contributed by atoms with Gasteiger partial charge in [-0.3, -0.25) is 0 Å². The molecular weight excluding hydrogens is 264 g/mol. The number of anilines is 1. The van der Waals surface area contributed by atoms with E-state index in [1.165, 1.54) is 30.5 Å². The van der Waals surface area contributed by atoms with Gasteiger partial charge in [-0.05, 0) is 44.2 Å². The van der Waals surface area contributed by atoms with Gasteiger partial charge < -0.3 is 5.32 Å². The van der Waals surface area contributed by atoms with Crippen molar-refractivity contribution < 1.29 is 0 Å². The van der Waals surface area contributed by atoms with Crippen LogP contribution in [0, 0.1) is 12.8 Å². The van der Waals surface area contributed by atoms with Crippen molar-refractivity contribution in [2.45, 2.75) is 26.2 Å². The van der Waals surface area contributed by atoms with E-state index in [9.17, 15) is 0 Å². The monoisotopic (exact) mass is 284 g/mol. The number of allylic oxidation sites excluding steroid dienone is 2. The fourth-order valence-corrected chi connectivity index (χ4v) is 3.21. The maximum absolute atomic E-state index is 4.55. The molecule has 1 N–H and O–H groups in total. The Morgan fingerprint density at radius 3 is 3.05 bits per heavy atom. The maximum Gasteiger partial charge on any atom is 0.0901 e. The van der Waals surface area contributed by atoms with Gasteiger partial charge in [0.05, 0.1) is 10.7 Å². The summed E-state index contributed by atoms with van der Waals surface area (Å²) in [6, 6.07) is 8.57. The summed E-state index contributed by atoms with van der Waals surface area (Å²) in [5.41, 5.74) is 3.47. The third-order valence-electron chi connectivity index (χ3n) is 3.75. The Kier molecular flexibility index (Phi) is 4.16. The second kappa shape index (κ2) is 6.23. The average molecular weight is 284 g/mol. The summed E-state index contributed by atoms with van der Waals surface area (Å²) in [6.45, 7) is 3.11. The lowest BCUT2D eigenvalue weighted by Crippen LogP contribution is -2.15. The van der Waals surface area contributed by atoms with E-state index in [0.717, 1.165) is 23.2 Å². The first-order valence-corrected chi connectivity index (χ1v) is 8.10. The molecule has 1 aromatic carbocycles. The van der Waals surface area contributed by atoms with Crippen molar-refractivity contribution in [3.63, 3.8) is 0 Å². The number of thiazole rings is 1. The van der Waals surface area contributed by atoms with E-state index in [0.29, 0.717) is 0 Å². The number of aromatic nitrogens is 1. The Hall–Kier alpha value is -1.61. The number of benzene rings is 1. The Morgan fingerprint density at radius 2 is 2.30 bits per heavy atom. The molecule has 1 aliphatic rings. The highest BCUT2D eigenvalue weighted by Crippen LogP contribution is 2.25. The first-order chi connectivity index (χ1) is 9.81. The van der Waals surface area contributed by atoms with E-state index in [1.54, 1.807) is 11.3 Å². The van der Waals surface area contributed by atoms with Crippen LogP contribution in [0.4, 0.5) is 5.69 Å². The maximum atomic E-state index is 4.55. The first kappa shape index (κ1) is 13.4. The van der Waals surface area contributed by atoms with Gasteiger partial charge in [-0.15, -0.1) is 11.3 Å². The highest BCUT2D eigenvalue weighted by Gasteiger charge is 2.09. The van der Waals surface area contributed by atoms with E-state index in [-0.39, 0.29) is 0 Å². The first-order valence-electron chi connectivity index (χ1n) is 7.23. The molecule has 2 nitrogen and oxygen atoms in total. The topological polar surface area (TPSA) is 24.9 Å². The molecule has 104 valence electrons. The average Bonchev–Trinajstić information content (AvgIpc) is 2.93. The van der Waals surface area contributed by atoms with E-state index in [1.807, 2.05) is 6.92 Å². The molecule has 0 saturated carbocycles. The molecule has 1 unspecified atom stereocenters. The molecule has 0 amide bonds. The van der Waals surface area contributed by atoms with Crippen LogP contribution in [0.3, 0.4) is 0 Å². The Balaban J connectivity index is 1.66. The standard InChI is InChI=1S/C17H20N2S/c1-13-19-17(12-20-13)15-8-5-9-16(10-15)18-11-14-6-3-2-4-7-14/h2-3,5,8-10,12,14,18H,4,6-7,11H2,1H3. The van der Waals surface area contributed by atoms with Gasteiger partial charge in [-0.25, -0.2) is 4.98 Å². The fourth-order valence-electron chi connectivity index (χ4n) is 2.59. The van der Waals surface area contributed by atoms with Crippen molar-refractivity contribution in [2.75, 3.05) is 11.9 Å². The Bertz CT molecular complexity index is 601. The van der Waals surface area contributed by atoms with Crippen LogP contribution in [0.15, 0.2) is 41.8 Å². The van der Waals surface area contributed by atoms with Gasteiger partial charge in [0.1, 0.15) is 0 Å². The summed E-state index contributed by atoms with van der Waals surface area (Å²) >= 11 is 1.70. The molecule has 0 bridgehead atoms. The van der Waals surface area contributed by atoms with E-state index in [4.69, 9.17) is 0 Å². The lowest BCUT2D eigenvalue weighted by atomic mass is 9.94. The zero-order valence-corrected chi connectivity index (χ0v) is 12.6. The van der Waals surface area contributed by atoms with Gasteiger partial charge in [0.25, 0.3) is 0 Å². The Morgan fingerprint density at radius 1 is 1.35 bits per heavy atom. The molecule has 0 spiro atoms. The smallest absolute Gasteiger partial charge is 0.0901 e. The number of nitrogens with zero attached hydrogens (tertiary/aromatic N) is 1. The zero-order valence-electron chi connectivity index (χ0n) is 11.8. The number of hydrogen-bond acceptors (Lipinski definition) is 3. The van der Waals surface area contributed by atoms with Crippen LogP contribution in [-0.2, 0) is 0 Å². The molecule has 0 fully saturated rings. The van der Waals surface area contributed by atoms with Crippen LogP contribution in [0.25, 0.3) is 11.3 Å². The molecule has 1 aliphatic carbocycles. The summed E-state index contributed by atoms with van der Waals surface area (Å²) in [6.07, 6.45) is 8.34. The largest absolute Gasteiger partial charge is 0.385 e. The van der Waals surface area contributed by atoms with Crippen molar-refractivity contribution in [1.82, 2.24) is 4.98 Å². The van der Waals surface area contributed by atoms with E-state index >= 15 is 0 Å². The van der Waals surface area contributed by atoms with Gasteiger partial charge in [0, 0.05) is 23.2 Å². The van der Waals surface area contributed by atoms with Crippen LogP contribution in [-0.4, -0.2) is 11.5 Å². The number of aryl methyl sites for hydroxylation is 1. The molecule has 2 aromatic rings. The van der Waals surface area contributed by atoms with Gasteiger partial charge in [-0.2, -0.15) is 0 Å². The molecule has 3 rings (SSSR count). The van der Waals surface area contributed by atoms with Crippen molar-refractivity contribution in [3.05, 3.63) is 46.8 Å². The number of nitrogens with one attached hydrogen (secondary N) is 1. The minimum absolute atomic E-state index is 0.769. The molecule has 0 radical (unpaired) electrons. The summed E-state index contributed by atoms with van der Waals surface area (Å²) in [7, 11) is 0. The summed E-state index contributed by atoms with van der Waals surface area (Å²) in [4.78, 5) is 4.55. The predicted octanol–water partition coefficient (Wildman–Crippen LogP) is 4.89. The Labute approximate surface area is 124 Å². The molecular formula is C17H20N2S. The normalized spacial score (nSPS) is 18.1. The SMILES string of the molecule is Cc1nc(-c2cccc(NCC3CC=CCC3)c2)cs1. The molecule has 0 saturated heterocycles. The number of hydrogen-bond donors (Lipinski definition) is 1. The van der Waals surface area contributed by atoms with Crippen molar-refractivity contribution in [2.24, 2.45) is 5.92 Å². The molecule has 1 atom stereocenters. The quantitative estimate of drug-likeness (QED) is 0.809. The molecule has 0 aliphatic heterocycles. The highest BCUT2D eigenvalue weighted by atomic mass is 32.1. The highest BCUT2D eigenvalue weighted by molar-refractivity contribution is 7.09. The second-order valence-electron chi connectivity index (χ2n) is 5.36. The summed E-state index contributed by atoms with van der Waals surface area (Å²) < 4.78 is 0. The van der Waals surface area contributed by atoms with Crippen molar-refractivity contribution in [1.29, 1.82) is 0 Å². The van der Waals surface area contributed by atoms with E-state index < -0.39 is 0 Å². The van der Waals surface area contributed by atoms with Crippen LogP contribution in [0.5, 0.6) is 0 Å². The minimum Gasteiger partial charge on any atom is -0.385 e. The van der Waals surface area contributed by atoms with Crippen molar-refractivity contribution in [3.8, 4) is 11.3 Å². The number of rotatable bonds is 4. The predicted molar refractivity (Wildman–Crippen MR) is 87.3 cm³/mol.